The van der Waals surface area contributed by atoms with Gasteiger partial charge in [-0.2, -0.15) is 0 Å². The summed E-state index contributed by atoms with van der Waals surface area (Å²) >= 11 is 1.19. The van der Waals surface area contributed by atoms with Crippen molar-refractivity contribution in [3.63, 3.8) is 0 Å². The van der Waals surface area contributed by atoms with E-state index in [0.717, 1.165) is 17.7 Å². The number of aromatic hydroxyl groups is 2. The molecule has 0 atom stereocenters. The van der Waals surface area contributed by atoms with Crippen LogP contribution in [0.3, 0.4) is 0 Å². The van der Waals surface area contributed by atoms with Crippen LogP contribution in [0.2, 0.25) is 0 Å². The molecule has 3 rings (SSSR count). The summed E-state index contributed by atoms with van der Waals surface area (Å²) in [6.45, 7) is 2.17. The first kappa shape index (κ1) is 18.3. The molecule has 0 heterocycles. The number of hydrogen-bond acceptors (Lipinski definition) is 5. The Hall–Kier alpha value is -2.53. The maximum absolute atomic E-state index is 12.7. The number of phenolic OH excluding ortho intramolecular Hbond substituents is 2. The third-order valence-electron chi connectivity index (χ3n) is 4.34. The lowest BCUT2D eigenvalue weighted by Gasteiger charge is -2.17. The predicted molar refractivity (Wildman–Crippen MR) is 102 cm³/mol. The molecular formula is C21H20O4S. The summed E-state index contributed by atoms with van der Waals surface area (Å²) in [7, 11) is 0. The number of phenols is 2. The molecule has 2 N–H and O–H groups in total. The molecule has 0 saturated carbocycles. The van der Waals surface area contributed by atoms with Gasteiger partial charge in [0.2, 0.25) is 5.78 Å². The summed E-state index contributed by atoms with van der Waals surface area (Å²) in [5, 5.41) is 19.8. The highest BCUT2D eigenvalue weighted by Crippen LogP contribution is 2.39. The van der Waals surface area contributed by atoms with Gasteiger partial charge in [-0.1, -0.05) is 43.7 Å². The van der Waals surface area contributed by atoms with Gasteiger partial charge in [0.15, 0.2) is 5.78 Å². The molecule has 5 heteroatoms. The van der Waals surface area contributed by atoms with Crippen molar-refractivity contribution in [3.8, 4) is 11.5 Å². The van der Waals surface area contributed by atoms with Crippen molar-refractivity contribution >= 4 is 23.3 Å². The number of fused-ring (bicyclic) bond motifs is 1. The largest absolute Gasteiger partial charge is 0.507 e. The van der Waals surface area contributed by atoms with Gasteiger partial charge >= 0.3 is 0 Å². The van der Waals surface area contributed by atoms with E-state index >= 15 is 0 Å². The van der Waals surface area contributed by atoms with Crippen LogP contribution in [0.1, 0.15) is 52.5 Å². The summed E-state index contributed by atoms with van der Waals surface area (Å²) in [6, 6.07) is 10.4. The monoisotopic (exact) mass is 368 g/mol. The highest BCUT2D eigenvalue weighted by atomic mass is 32.2. The van der Waals surface area contributed by atoms with Crippen molar-refractivity contribution in [1.82, 2.24) is 0 Å². The first-order valence-electron chi connectivity index (χ1n) is 8.63. The Morgan fingerprint density at radius 3 is 2.19 bits per heavy atom. The molecule has 0 aromatic heterocycles. The molecule has 0 bridgehead atoms. The van der Waals surface area contributed by atoms with E-state index in [1.807, 2.05) is 24.3 Å². The quantitative estimate of drug-likeness (QED) is 0.561. The van der Waals surface area contributed by atoms with Crippen molar-refractivity contribution in [2.24, 2.45) is 0 Å². The molecule has 2 aromatic rings. The Labute approximate surface area is 156 Å². The van der Waals surface area contributed by atoms with E-state index in [1.165, 1.54) is 48.4 Å². The van der Waals surface area contributed by atoms with Crippen LogP contribution >= 0.6 is 11.8 Å². The normalized spacial score (nSPS) is 13.5. The van der Waals surface area contributed by atoms with E-state index in [-0.39, 0.29) is 27.5 Å². The standard InChI is InChI=1S/C21H20O4S/c1-2-3-4-5-13-6-8-14(9-7-13)26-18-12-17(24)19-15(22)10-11-16(23)20(19)21(18)25/h6-12,22-23H,2-5H2,1H3. The van der Waals surface area contributed by atoms with Gasteiger partial charge in [-0.3, -0.25) is 9.59 Å². The average Bonchev–Trinajstić information content (AvgIpc) is 2.63. The number of unbranched alkanes of at least 4 members (excludes halogenated alkanes) is 2. The number of rotatable bonds is 6. The number of carbonyl (C=O) groups excluding carboxylic acids is 2. The summed E-state index contributed by atoms with van der Waals surface area (Å²) < 4.78 is 0. The number of ketones is 2. The molecule has 0 fully saturated rings. The number of carbonyl (C=O) groups is 2. The second-order valence-electron chi connectivity index (χ2n) is 6.26. The van der Waals surface area contributed by atoms with Crippen LogP contribution in [0.25, 0.3) is 0 Å². The number of Topliss-reactive ketones (excluding diaryl/α,β-unsaturated/α-hetero) is 1. The fourth-order valence-electron chi connectivity index (χ4n) is 2.95. The van der Waals surface area contributed by atoms with Crippen LogP contribution in [0, 0.1) is 0 Å². The third kappa shape index (κ3) is 3.68. The van der Waals surface area contributed by atoms with E-state index in [2.05, 4.69) is 6.92 Å². The first-order chi connectivity index (χ1) is 12.5. The SMILES string of the molecule is CCCCCc1ccc(SC2=CC(=O)c3c(O)ccc(O)c3C2=O)cc1. The third-order valence-corrected chi connectivity index (χ3v) is 5.37. The summed E-state index contributed by atoms with van der Waals surface area (Å²) in [4.78, 5) is 26.0. The van der Waals surface area contributed by atoms with Crippen molar-refractivity contribution in [2.45, 2.75) is 37.5 Å². The lowest BCUT2D eigenvalue weighted by atomic mass is 9.93. The number of hydrogen-bond donors (Lipinski definition) is 2. The van der Waals surface area contributed by atoms with Crippen molar-refractivity contribution in [3.05, 3.63) is 64.1 Å². The molecule has 26 heavy (non-hydrogen) atoms. The van der Waals surface area contributed by atoms with Gasteiger partial charge in [0, 0.05) is 11.0 Å². The second-order valence-corrected chi connectivity index (χ2v) is 7.37. The second kappa shape index (κ2) is 7.79. The lowest BCUT2D eigenvalue weighted by molar-refractivity contribution is 0.0986. The molecule has 0 aliphatic heterocycles. The highest BCUT2D eigenvalue weighted by molar-refractivity contribution is 8.04. The van der Waals surface area contributed by atoms with Crippen LogP contribution < -0.4 is 0 Å². The topological polar surface area (TPSA) is 74.6 Å². The molecule has 134 valence electrons. The minimum Gasteiger partial charge on any atom is -0.507 e. The molecule has 0 saturated heterocycles. The molecule has 1 aliphatic rings. The zero-order valence-corrected chi connectivity index (χ0v) is 15.3. The average molecular weight is 368 g/mol. The van der Waals surface area contributed by atoms with Crippen LogP contribution in [0.5, 0.6) is 11.5 Å². The Bertz CT molecular complexity index is 882. The Kier molecular flexibility index (Phi) is 5.47. The van der Waals surface area contributed by atoms with Gasteiger partial charge in [0.05, 0.1) is 16.0 Å². The molecule has 0 unspecified atom stereocenters. The Balaban J connectivity index is 1.80. The van der Waals surface area contributed by atoms with Gasteiger partial charge in [-0.25, -0.2) is 0 Å². The zero-order chi connectivity index (χ0) is 18.7. The van der Waals surface area contributed by atoms with E-state index in [4.69, 9.17) is 0 Å². The Morgan fingerprint density at radius 2 is 1.54 bits per heavy atom. The van der Waals surface area contributed by atoms with Crippen LogP contribution in [-0.4, -0.2) is 21.8 Å². The van der Waals surface area contributed by atoms with Crippen molar-refractivity contribution in [2.75, 3.05) is 0 Å². The maximum atomic E-state index is 12.7. The van der Waals surface area contributed by atoms with Gasteiger partial charge in [0.1, 0.15) is 11.5 Å². The number of benzene rings is 2. The Morgan fingerprint density at radius 1 is 0.885 bits per heavy atom. The van der Waals surface area contributed by atoms with Crippen molar-refractivity contribution in [1.29, 1.82) is 0 Å². The summed E-state index contributed by atoms with van der Waals surface area (Å²) in [5.74, 6) is -1.53. The molecule has 0 spiro atoms. The molecule has 0 amide bonds. The first-order valence-corrected chi connectivity index (χ1v) is 9.45. The maximum Gasteiger partial charge on any atom is 0.204 e. The van der Waals surface area contributed by atoms with Gasteiger partial charge in [-0.15, -0.1) is 0 Å². The van der Waals surface area contributed by atoms with Crippen LogP contribution in [0.15, 0.2) is 52.3 Å². The fraction of sp³-hybridized carbons (Fsp3) is 0.238. The molecule has 1 aliphatic carbocycles. The van der Waals surface area contributed by atoms with Crippen molar-refractivity contribution < 1.29 is 19.8 Å². The number of aryl methyl sites for hydroxylation is 1. The summed E-state index contributed by atoms with van der Waals surface area (Å²) in [5.41, 5.74) is 0.984. The summed E-state index contributed by atoms with van der Waals surface area (Å²) in [6.07, 6.45) is 5.79. The van der Waals surface area contributed by atoms with Crippen LogP contribution in [-0.2, 0) is 6.42 Å². The minimum absolute atomic E-state index is 0.129. The van der Waals surface area contributed by atoms with Gasteiger partial charge < -0.3 is 10.2 Å². The van der Waals surface area contributed by atoms with Gasteiger partial charge in [0.25, 0.3) is 0 Å². The smallest absolute Gasteiger partial charge is 0.204 e. The minimum atomic E-state index is -0.480. The highest BCUT2D eigenvalue weighted by Gasteiger charge is 2.31. The molecular weight excluding hydrogens is 348 g/mol. The molecule has 0 radical (unpaired) electrons. The van der Waals surface area contributed by atoms with E-state index in [9.17, 15) is 19.8 Å². The van der Waals surface area contributed by atoms with E-state index in [0.29, 0.717) is 0 Å². The number of thioether (sulfide) groups is 1. The lowest BCUT2D eigenvalue weighted by Crippen LogP contribution is -2.16. The zero-order valence-electron chi connectivity index (χ0n) is 14.5. The molecule has 2 aromatic carbocycles. The van der Waals surface area contributed by atoms with Gasteiger partial charge in [-0.05, 0) is 42.7 Å². The predicted octanol–water partition coefficient (Wildman–Crippen LogP) is 4.89. The van der Waals surface area contributed by atoms with E-state index in [1.54, 1.807) is 0 Å². The molecule has 4 nitrogen and oxygen atoms in total. The fourth-order valence-corrected chi connectivity index (χ4v) is 3.83. The van der Waals surface area contributed by atoms with Crippen LogP contribution in [0.4, 0.5) is 0 Å². The number of allylic oxidation sites excluding steroid dienone is 2. The van der Waals surface area contributed by atoms with E-state index < -0.39 is 11.6 Å².